The monoisotopic (exact) mass is 441 g/mol. The lowest BCUT2D eigenvalue weighted by atomic mass is 9.92. The van der Waals surface area contributed by atoms with E-state index in [9.17, 15) is 5.11 Å². The molecule has 0 bridgehead atoms. The molecule has 0 saturated carbocycles. The number of benzene rings is 2. The van der Waals surface area contributed by atoms with Gasteiger partial charge in [0.2, 0.25) is 0 Å². The number of imidazole rings is 1. The van der Waals surface area contributed by atoms with Crippen molar-refractivity contribution in [2.75, 3.05) is 26.3 Å². The van der Waals surface area contributed by atoms with Crippen molar-refractivity contribution in [1.82, 2.24) is 14.5 Å². The van der Waals surface area contributed by atoms with Crippen molar-refractivity contribution in [1.29, 1.82) is 0 Å². The van der Waals surface area contributed by atoms with E-state index in [0.29, 0.717) is 30.2 Å². The zero-order valence-corrected chi connectivity index (χ0v) is 18.2. The number of piperidine rings is 1. The molecule has 2 heterocycles. The molecule has 0 radical (unpaired) electrons. The molecule has 6 nitrogen and oxygen atoms in total. The maximum Gasteiger partial charge on any atom is 0.120 e. The summed E-state index contributed by atoms with van der Waals surface area (Å²) in [5.74, 6) is 1.56. The average Bonchev–Trinajstić information content (AvgIpc) is 3.28. The molecule has 31 heavy (non-hydrogen) atoms. The molecule has 1 aliphatic rings. The van der Waals surface area contributed by atoms with Gasteiger partial charge in [0.1, 0.15) is 30.3 Å². The van der Waals surface area contributed by atoms with Crippen molar-refractivity contribution >= 4 is 11.6 Å². The smallest absolute Gasteiger partial charge is 0.120 e. The lowest BCUT2D eigenvalue weighted by Gasteiger charge is -2.38. The predicted molar refractivity (Wildman–Crippen MR) is 121 cm³/mol. The van der Waals surface area contributed by atoms with E-state index in [1.54, 1.807) is 24.7 Å². The third-order valence-corrected chi connectivity index (χ3v) is 5.81. The lowest BCUT2D eigenvalue weighted by molar-refractivity contribution is -0.0537. The molecular weight excluding hydrogens is 414 g/mol. The number of hydrogen-bond acceptors (Lipinski definition) is 5. The summed E-state index contributed by atoms with van der Waals surface area (Å²) in [6, 6.07) is 15.5. The van der Waals surface area contributed by atoms with Crippen molar-refractivity contribution < 1.29 is 14.6 Å². The Morgan fingerprint density at radius 2 is 1.81 bits per heavy atom. The highest BCUT2D eigenvalue weighted by atomic mass is 35.5. The predicted octanol–water partition coefficient (Wildman–Crippen LogP) is 4.02. The van der Waals surface area contributed by atoms with Crippen LogP contribution in [0.15, 0.2) is 67.3 Å². The molecule has 3 aromatic rings. The van der Waals surface area contributed by atoms with Crippen molar-refractivity contribution in [2.45, 2.75) is 31.5 Å². The second-order valence-electron chi connectivity index (χ2n) is 8.04. The number of aliphatic hydroxyl groups is 1. The Labute approximate surface area is 188 Å². The molecule has 0 atom stereocenters. The van der Waals surface area contributed by atoms with Gasteiger partial charge in [0.25, 0.3) is 0 Å². The van der Waals surface area contributed by atoms with Crippen LogP contribution in [0.1, 0.15) is 18.4 Å². The number of likely N-dealkylation sites (tertiary alicyclic amines) is 1. The Balaban J connectivity index is 1.23. The summed E-state index contributed by atoms with van der Waals surface area (Å²) in [6.07, 6.45) is 6.84. The van der Waals surface area contributed by atoms with E-state index in [0.717, 1.165) is 31.9 Å². The normalized spacial score (nSPS) is 16.2. The zero-order chi connectivity index (χ0) is 21.5. The first-order valence-electron chi connectivity index (χ1n) is 10.6. The highest BCUT2D eigenvalue weighted by Gasteiger charge is 2.33. The van der Waals surface area contributed by atoms with Crippen LogP contribution in [0.2, 0.25) is 5.02 Å². The van der Waals surface area contributed by atoms with Gasteiger partial charge in [0, 0.05) is 37.1 Å². The Morgan fingerprint density at radius 1 is 1.03 bits per heavy atom. The molecule has 0 aliphatic carbocycles. The van der Waals surface area contributed by atoms with Gasteiger partial charge in [-0.25, -0.2) is 4.98 Å². The van der Waals surface area contributed by atoms with E-state index in [-0.39, 0.29) is 6.61 Å². The maximum atomic E-state index is 10.9. The standard InChI is InChI=1S/C24H28ClN3O3/c25-21-4-2-6-23(16-21)31-18-24(29)7-10-27(11-8-24)17-20-3-1-5-22(15-20)30-14-13-28-12-9-26-19-28/h1-6,9,12,15-16,19,29H,7-8,10-11,13-14,17-18H2. The second-order valence-corrected chi connectivity index (χ2v) is 8.48. The SMILES string of the molecule is OC1(COc2cccc(Cl)c2)CCN(Cc2cccc(OCCn3ccnc3)c2)CC1. The fourth-order valence-electron chi connectivity index (χ4n) is 3.73. The van der Waals surface area contributed by atoms with Crippen molar-refractivity contribution in [2.24, 2.45) is 0 Å². The number of hydrogen-bond donors (Lipinski definition) is 1. The molecule has 0 unspecified atom stereocenters. The first kappa shape index (κ1) is 21.7. The highest BCUT2D eigenvalue weighted by Crippen LogP contribution is 2.26. The van der Waals surface area contributed by atoms with Crippen LogP contribution in [0.4, 0.5) is 0 Å². The Hall–Kier alpha value is -2.54. The minimum absolute atomic E-state index is 0.279. The second kappa shape index (κ2) is 10.2. The van der Waals surface area contributed by atoms with Crippen molar-refractivity contribution in [3.05, 3.63) is 77.8 Å². The molecule has 7 heteroatoms. The minimum Gasteiger partial charge on any atom is -0.492 e. The Morgan fingerprint density at radius 3 is 2.55 bits per heavy atom. The van der Waals surface area contributed by atoms with Crippen LogP contribution in [0.3, 0.4) is 0 Å². The summed E-state index contributed by atoms with van der Waals surface area (Å²) < 4.78 is 13.7. The van der Waals surface area contributed by atoms with Crippen LogP contribution in [-0.2, 0) is 13.1 Å². The van der Waals surface area contributed by atoms with Gasteiger partial charge in [-0.05, 0) is 48.7 Å². The van der Waals surface area contributed by atoms with E-state index in [1.807, 2.05) is 35.0 Å². The van der Waals surface area contributed by atoms with Crippen molar-refractivity contribution in [3.63, 3.8) is 0 Å². The quantitative estimate of drug-likeness (QED) is 0.543. The van der Waals surface area contributed by atoms with E-state index < -0.39 is 5.60 Å². The van der Waals surface area contributed by atoms with E-state index >= 15 is 0 Å². The molecule has 1 saturated heterocycles. The van der Waals surface area contributed by atoms with Crippen LogP contribution in [-0.4, -0.2) is 51.5 Å². The average molecular weight is 442 g/mol. The van der Waals surface area contributed by atoms with Gasteiger partial charge in [0.15, 0.2) is 0 Å². The summed E-state index contributed by atoms with van der Waals surface area (Å²) in [4.78, 5) is 6.40. The van der Waals surface area contributed by atoms with E-state index in [2.05, 4.69) is 22.0 Å². The molecule has 2 aromatic carbocycles. The van der Waals surface area contributed by atoms with Gasteiger partial charge in [-0.1, -0.05) is 29.8 Å². The molecule has 1 N–H and O–H groups in total. The molecule has 4 rings (SSSR count). The summed E-state index contributed by atoms with van der Waals surface area (Å²) in [7, 11) is 0. The van der Waals surface area contributed by atoms with Crippen LogP contribution >= 0.6 is 11.6 Å². The molecule has 1 fully saturated rings. The van der Waals surface area contributed by atoms with Gasteiger partial charge < -0.3 is 19.1 Å². The van der Waals surface area contributed by atoms with Gasteiger partial charge in [0.05, 0.1) is 12.9 Å². The number of ether oxygens (including phenoxy) is 2. The molecule has 1 aliphatic heterocycles. The Kier molecular flexibility index (Phi) is 7.12. The first-order chi connectivity index (χ1) is 15.1. The summed E-state index contributed by atoms with van der Waals surface area (Å²) in [5, 5.41) is 11.5. The van der Waals surface area contributed by atoms with Crippen LogP contribution < -0.4 is 9.47 Å². The van der Waals surface area contributed by atoms with E-state index in [1.165, 1.54) is 5.56 Å². The lowest BCUT2D eigenvalue weighted by Crippen LogP contribution is -2.47. The third kappa shape index (κ3) is 6.47. The number of halogens is 1. The van der Waals surface area contributed by atoms with Crippen molar-refractivity contribution in [3.8, 4) is 11.5 Å². The Bertz CT molecular complexity index is 956. The first-order valence-corrected chi connectivity index (χ1v) is 11.0. The van der Waals surface area contributed by atoms with Gasteiger partial charge >= 0.3 is 0 Å². The molecule has 0 spiro atoms. The third-order valence-electron chi connectivity index (χ3n) is 5.57. The highest BCUT2D eigenvalue weighted by molar-refractivity contribution is 6.30. The van der Waals surface area contributed by atoms with Gasteiger partial charge in [-0.3, -0.25) is 4.90 Å². The molecule has 164 valence electrons. The summed E-state index contributed by atoms with van der Waals surface area (Å²) in [5.41, 5.74) is 0.401. The van der Waals surface area contributed by atoms with Crippen LogP contribution in [0.5, 0.6) is 11.5 Å². The fraction of sp³-hybridized carbons (Fsp3) is 0.375. The number of nitrogens with zero attached hydrogens (tertiary/aromatic N) is 3. The minimum atomic E-state index is -0.808. The topological polar surface area (TPSA) is 59.8 Å². The molecule has 1 aromatic heterocycles. The molecule has 0 amide bonds. The van der Waals surface area contributed by atoms with Gasteiger partial charge in [-0.15, -0.1) is 0 Å². The van der Waals surface area contributed by atoms with Gasteiger partial charge in [-0.2, -0.15) is 0 Å². The summed E-state index contributed by atoms with van der Waals surface area (Å²) >= 11 is 6.00. The number of rotatable bonds is 9. The zero-order valence-electron chi connectivity index (χ0n) is 17.5. The fourth-order valence-corrected chi connectivity index (χ4v) is 3.91. The van der Waals surface area contributed by atoms with E-state index in [4.69, 9.17) is 21.1 Å². The largest absolute Gasteiger partial charge is 0.492 e. The van der Waals surface area contributed by atoms with Crippen LogP contribution in [0.25, 0.3) is 0 Å². The van der Waals surface area contributed by atoms with Crippen LogP contribution in [0, 0.1) is 0 Å². The molecular formula is C24H28ClN3O3. The maximum absolute atomic E-state index is 10.9. The summed E-state index contributed by atoms with van der Waals surface area (Å²) in [6.45, 7) is 4.13. The number of aromatic nitrogens is 2.